The lowest BCUT2D eigenvalue weighted by molar-refractivity contribution is 0.0958. The fraction of sp³-hybridized carbons (Fsp3) is 0.250. The number of hydrogen-bond donors (Lipinski definition) is 1. The van der Waals surface area contributed by atoms with Crippen molar-refractivity contribution < 1.29 is 22.0 Å². The van der Waals surface area contributed by atoms with Crippen molar-refractivity contribution in [3.63, 3.8) is 0 Å². The number of sulfonamides is 1. The van der Waals surface area contributed by atoms with Gasteiger partial charge in [-0.15, -0.1) is 5.10 Å². The van der Waals surface area contributed by atoms with Crippen molar-refractivity contribution in [1.82, 2.24) is 19.7 Å². The molecule has 1 heterocycles. The number of alkyl halides is 2. The van der Waals surface area contributed by atoms with E-state index in [-0.39, 0.29) is 0 Å². The van der Waals surface area contributed by atoms with Gasteiger partial charge in [0.15, 0.2) is 5.69 Å². The van der Waals surface area contributed by atoms with Gasteiger partial charge in [-0.1, -0.05) is 28.9 Å². The molecular formula is C12H11ClF2N4O3S. The molecule has 0 aliphatic rings. The first-order valence-electron chi connectivity index (χ1n) is 6.16. The molecule has 0 fully saturated rings. The molecule has 1 aromatic carbocycles. The van der Waals surface area contributed by atoms with E-state index in [9.17, 15) is 22.0 Å². The molecule has 1 N–H and O–H groups in total. The van der Waals surface area contributed by atoms with Crippen LogP contribution in [-0.4, -0.2) is 29.3 Å². The zero-order chi connectivity index (χ0) is 17.2. The van der Waals surface area contributed by atoms with Gasteiger partial charge in [-0.25, -0.2) is 26.6 Å². The Morgan fingerprint density at radius 3 is 2.52 bits per heavy atom. The van der Waals surface area contributed by atoms with E-state index >= 15 is 0 Å². The number of hydrogen-bond acceptors (Lipinski definition) is 5. The van der Waals surface area contributed by atoms with Gasteiger partial charge in [0.25, 0.3) is 12.3 Å². The molecule has 2 rings (SSSR count). The van der Waals surface area contributed by atoms with Crippen LogP contribution in [0, 0.1) is 0 Å². The Morgan fingerprint density at radius 1 is 1.35 bits per heavy atom. The summed E-state index contributed by atoms with van der Waals surface area (Å²) in [5.41, 5.74) is -1.12. The molecule has 23 heavy (non-hydrogen) atoms. The average Bonchev–Trinajstić information content (AvgIpc) is 2.82. The molecule has 0 radical (unpaired) electrons. The lowest BCUT2D eigenvalue weighted by atomic mass is 10.2. The Bertz CT molecular complexity index is 821. The molecule has 1 amide bonds. The van der Waals surface area contributed by atoms with Gasteiger partial charge in [-0.2, -0.15) is 0 Å². The monoisotopic (exact) mass is 364 g/mol. The maximum Gasteiger partial charge on any atom is 0.287 e. The van der Waals surface area contributed by atoms with Gasteiger partial charge in [0.2, 0.25) is 10.0 Å². The fourth-order valence-electron chi connectivity index (χ4n) is 1.80. The maximum absolute atomic E-state index is 12.9. The van der Waals surface area contributed by atoms with Crippen molar-refractivity contribution in [2.45, 2.75) is 12.2 Å². The largest absolute Gasteiger partial charge is 0.287 e. The van der Waals surface area contributed by atoms with Crippen molar-refractivity contribution in [2.24, 2.45) is 7.05 Å². The van der Waals surface area contributed by atoms with Crippen LogP contribution in [0.1, 0.15) is 28.2 Å². The summed E-state index contributed by atoms with van der Waals surface area (Å²) in [6.45, 7) is 0. The molecule has 0 atom stereocenters. The number of benzene rings is 1. The summed E-state index contributed by atoms with van der Waals surface area (Å²) in [5, 5.41) is 7.00. The number of nitrogens with zero attached hydrogens (tertiary/aromatic N) is 3. The first kappa shape index (κ1) is 17.3. The predicted octanol–water partition coefficient (Wildman–Crippen LogP) is 1.67. The van der Waals surface area contributed by atoms with Crippen molar-refractivity contribution in [3.8, 4) is 0 Å². The second-order valence-corrected chi connectivity index (χ2v) is 6.72. The number of amides is 1. The quantitative estimate of drug-likeness (QED) is 0.870. The standard InChI is InChI=1S/C12H11ClF2N4O3S/c1-19-10(11(14)15)9(16-18-19)12(20)17-23(21,22)6-7-2-4-8(13)5-3-7/h2-5,11H,6H2,1H3,(H,17,20). The first-order valence-corrected chi connectivity index (χ1v) is 8.19. The topological polar surface area (TPSA) is 93.9 Å². The Labute approximate surface area is 135 Å². The third-order valence-electron chi connectivity index (χ3n) is 2.81. The van der Waals surface area contributed by atoms with Gasteiger partial charge in [-0.3, -0.25) is 4.79 Å². The third kappa shape index (κ3) is 4.23. The van der Waals surface area contributed by atoms with Crippen molar-refractivity contribution in [2.75, 3.05) is 0 Å². The van der Waals surface area contributed by atoms with Gasteiger partial charge in [-0.05, 0) is 17.7 Å². The fourth-order valence-corrected chi connectivity index (χ4v) is 3.01. The van der Waals surface area contributed by atoms with E-state index < -0.39 is 39.5 Å². The van der Waals surface area contributed by atoms with Gasteiger partial charge in [0.1, 0.15) is 5.69 Å². The van der Waals surface area contributed by atoms with Gasteiger partial charge in [0.05, 0.1) is 5.75 Å². The zero-order valence-corrected chi connectivity index (χ0v) is 13.3. The highest BCUT2D eigenvalue weighted by Gasteiger charge is 2.27. The summed E-state index contributed by atoms with van der Waals surface area (Å²) in [6, 6.07) is 5.93. The van der Waals surface area contributed by atoms with Crippen LogP contribution < -0.4 is 4.72 Å². The minimum absolute atomic E-state index is 0.378. The summed E-state index contributed by atoms with van der Waals surface area (Å²) in [4.78, 5) is 11.9. The second-order valence-electron chi connectivity index (χ2n) is 4.56. The summed E-state index contributed by atoms with van der Waals surface area (Å²) < 4.78 is 52.0. The molecule has 0 aliphatic heterocycles. The molecule has 7 nitrogen and oxygen atoms in total. The number of carbonyl (C=O) groups excluding carboxylic acids is 1. The second kappa shape index (κ2) is 6.59. The smallest absolute Gasteiger partial charge is 0.266 e. The minimum atomic E-state index is -4.09. The van der Waals surface area contributed by atoms with E-state index in [2.05, 4.69) is 10.3 Å². The number of aryl methyl sites for hydroxylation is 1. The van der Waals surface area contributed by atoms with E-state index in [1.54, 1.807) is 4.72 Å². The van der Waals surface area contributed by atoms with E-state index in [0.29, 0.717) is 15.3 Å². The van der Waals surface area contributed by atoms with Crippen LogP contribution in [0.4, 0.5) is 8.78 Å². The van der Waals surface area contributed by atoms with Crippen molar-refractivity contribution >= 4 is 27.5 Å². The van der Waals surface area contributed by atoms with Crippen LogP contribution in [0.25, 0.3) is 0 Å². The Balaban J connectivity index is 2.17. The number of aromatic nitrogens is 3. The van der Waals surface area contributed by atoms with E-state index in [1.807, 2.05) is 0 Å². The Kier molecular flexibility index (Phi) is 4.95. The van der Waals surface area contributed by atoms with E-state index in [1.165, 1.54) is 31.3 Å². The summed E-state index contributed by atoms with van der Waals surface area (Å²) >= 11 is 5.69. The first-order chi connectivity index (χ1) is 10.7. The van der Waals surface area contributed by atoms with Crippen LogP contribution in [0.2, 0.25) is 5.02 Å². The number of carbonyl (C=O) groups is 1. The number of rotatable bonds is 5. The summed E-state index contributed by atoms with van der Waals surface area (Å²) in [6.07, 6.45) is -3.02. The van der Waals surface area contributed by atoms with Crippen molar-refractivity contribution in [3.05, 3.63) is 46.2 Å². The van der Waals surface area contributed by atoms with E-state index in [0.717, 1.165) is 0 Å². The van der Waals surface area contributed by atoms with Crippen LogP contribution in [0.5, 0.6) is 0 Å². The molecule has 1 aromatic heterocycles. The lowest BCUT2D eigenvalue weighted by Gasteiger charge is -2.07. The minimum Gasteiger partial charge on any atom is -0.266 e. The van der Waals surface area contributed by atoms with Crippen LogP contribution >= 0.6 is 11.6 Å². The molecular weight excluding hydrogens is 354 g/mol. The molecule has 0 saturated heterocycles. The van der Waals surface area contributed by atoms with Crippen LogP contribution in [0.3, 0.4) is 0 Å². The van der Waals surface area contributed by atoms with Gasteiger partial charge >= 0.3 is 0 Å². The molecule has 0 spiro atoms. The van der Waals surface area contributed by atoms with Gasteiger partial charge in [0, 0.05) is 12.1 Å². The predicted molar refractivity (Wildman–Crippen MR) is 77.5 cm³/mol. The van der Waals surface area contributed by atoms with E-state index in [4.69, 9.17) is 11.6 Å². The normalized spacial score (nSPS) is 11.7. The SMILES string of the molecule is Cn1nnc(C(=O)NS(=O)(=O)Cc2ccc(Cl)cc2)c1C(F)F. The Morgan fingerprint density at radius 2 is 1.96 bits per heavy atom. The van der Waals surface area contributed by atoms with Crippen LogP contribution in [0.15, 0.2) is 24.3 Å². The average molecular weight is 365 g/mol. The molecule has 11 heteroatoms. The highest BCUT2D eigenvalue weighted by Crippen LogP contribution is 2.20. The highest BCUT2D eigenvalue weighted by molar-refractivity contribution is 7.89. The molecule has 0 unspecified atom stereocenters. The molecule has 2 aromatic rings. The summed E-state index contributed by atoms with van der Waals surface area (Å²) in [5.74, 6) is -1.78. The zero-order valence-electron chi connectivity index (χ0n) is 11.7. The number of nitrogens with one attached hydrogen (secondary N) is 1. The van der Waals surface area contributed by atoms with Crippen LogP contribution in [-0.2, 0) is 22.8 Å². The molecule has 0 saturated carbocycles. The number of halogens is 3. The van der Waals surface area contributed by atoms with Crippen molar-refractivity contribution in [1.29, 1.82) is 0 Å². The Hall–Kier alpha value is -2.07. The lowest BCUT2D eigenvalue weighted by Crippen LogP contribution is -2.32. The highest BCUT2D eigenvalue weighted by atomic mass is 35.5. The maximum atomic E-state index is 12.9. The van der Waals surface area contributed by atoms with Gasteiger partial charge < -0.3 is 0 Å². The molecule has 0 bridgehead atoms. The molecule has 124 valence electrons. The molecule has 0 aliphatic carbocycles. The third-order valence-corrected chi connectivity index (χ3v) is 4.27. The summed E-state index contributed by atoms with van der Waals surface area (Å²) in [7, 11) is -2.92.